The van der Waals surface area contributed by atoms with Crippen molar-refractivity contribution in [2.75, 3.05) is 0 Å². The first-order valence-corrected chi connectivity index (χ1v) is 7.95. The summed E-state index contributed by atoms with van der Waals surface area (Å²) in [6, 6.07) is 12.8. The number of carbonyl (C=O) groups is 1. The van der Waals surface area contributed by atoms with Gasteiger partial charge in [-0.2, -0.15) is 10.2 Å². The van der Waals surface area contributed by atoms with Gasteiger partial charge in [-0.3, -0.25) is 14.3 Å². The normalized spacial score (nSPS) is 10.6. The van der Waals surface area contributed by atoms with Gasteiger partial charge in [0, 0.05) is 23.9 Å². The first-order chi connectivity index (χ1) is 12.0. The maximum atomic E-state index is 12.1. The Kier molecular flexibility index (Phi) is 4.74. The van der Waals surface area contributed by atoms with Crippen LogP contribution in [0.4, 0.5) is 0 Å². The van der Waals surface area contributed by atoms with Crippen LogP contribution < -0.4 is 10.9 Å². The molecule has 7 heteroatoms. The molecule has 0 spiro atoms. The van der Waals surface area contributed by atoms with Gasteiger partial charge in [-0.05, 0) is 25.5 Å². The molecule has 0 aliphatic heterocycles. The number of hydrogen-bond acceptors (Lipinski definition) is 4. The standard InChI is InChI=1S/C18H19N5O2/c1-12-15(10-19-18(25)16-8-9-17(24)21-20-16)13(2)23(22-12)11-14-6-4-3-5-7-14/h3-9H,10-11H2,1-2H3,(H,19,25)(H,21,24). The van der Waals surface area contributed by atoms with E-state index >= 15 is 0 Å². The Morgan fingerprint density at radius 2 is 1.92 bits per heavy atom. The predicted octanol–water partition coefficient (Wildman–Crippen LogP) is 1.56. The van der Waals surface area contributed by atoms with Gasteiger partial charge in [0.2, 0.25) is 0 Å². The number of benzene rings is 1. The highest BCUT2D eigenvalue weighted by atomic mass is 16.2. The zero-order valence-corrected chi connectivity index (χ0v) is 14.1. The van der Waals surface area contributed by atoms with Crippen LogP contribution in [0.1, 0.15) is 33.0 Å². The minimum Gasteiger partial charge on any atom is -0.346 e. The molecule has 2 N–H and O–H groups in total. The van der Waals surface area contributed by atoms with Crippen molar-refractivity contribution < 1.29 is 4.79 Å². The Balaban J connectivity index is 1.71. The second-order valence-corrected chi connectivity index (χ2v) is 5.78. The molecule has 128 valence electrons. The molecule has 3 rings (SSSR count). The smallest absolute Gasteiger partial charge is 0.271 e. The largest absolute Gasteiger partial charge is 0.346 e. The summed E-state index contributed by atoms with van der Waals surface area (Å²) in [4.78, 5) is 23.1. The van der Waals surface area contributed by atoms with Crippen molar-refractivity contribution in [3.63, 3.8) is 0 Å². The van der Waals surface area contributed by atoms with Gasteiger partial charge in [0.15, 0.2) is 0 Å². The van der Waals surface area contributed by atoms with Gasteiger partial charge < -0.3 is 5.32 Å². The van der Waals surface area contributed by atoms with E-state index in [-0.39, 0.29) is 17.2 Å². The van der Waals surface area contributed by atoms with Crippen molar-refractivity contribution >= 4 is 5.91 Å². The summed E-state index contributed by atoms with van der Waals surface area (Å²) in [5.41, 5.74) is 3.87. The topological polar surface area (TPSA) is 92.7 Å². The second kappa shape index (κ2) is 7.12. The number of rotatable bonds is 5. The fraction of sp³-hybridized carbons (Fsp3) is 0.222. The molecule has 0 aliphatic rings. The van der Waals surface area contributed by atoms with Gasteiger partial charge >= 0.3 is 0 Å². The average molecular weight is 337 g/mol. The molecule has 0 atom stereocenters. The molecule has 0 saturated carbocycles. The molecule has 3 aromatic rings. The summed E-state index contributed by atoms with van der Waals surface area (Å²) in [6.07, 6.45) is 0. The number of aryl methyl sites for hydroxylation is 1. The van der Waals surface area contributed by atoms with E-state index in [0.29, 0.717) is 13.1 Å². The maximum absolute atomic E-state index is 12.1. The molecule has 7 nitrogen and oxygen atoms in total. The monoisotopic (exact) mass is 337 g/mol. The summed E-state index contributed by atoms with van der Waals surface area (Å²) in [5, 5.41) is 13.4. The summed E-state index contributed by atoms with van der Waals surface area (Å²) < 4.78 is 1.93. The Bertz CT molecular complexity index is 923. The van der Waals surface area contributed by atoms with Crippen LogP contribution >= 0.6 is 0 Å². The predicted molar refractivity (Wildman–Crippen MR) is 93.3 cm³/mol. The lowest BCUT2D eigenvalue weighted by Crippen LogP contribution is -2.25. The SMILES string of the molecule is Cc1nn(Cc2ccccc2)c(C)c1CNC(=O)c1ccc(=O)[nH]n1. The Morgan fingerprint density at radius 1 is 1.16 bits per heavy atom. The number of nitrogens with zero attached hydrogens (tertiary/aromatic N) is 3. The number of aromatic nitrogens is 4. The zero-order valence-electron chi connectivity index (χ0n) is 14.1. The number of nitrogens with one attached hydrogen (secondary N) is 2. The number of amides is 1. The second-order valence-electron chi connectivity index (χ2n) is 5.78. The van der Waals surface area contributed by atoms with E-state index in [1.807, 2.05) is 36.7 Å². The van der Waals surface area contributed by atoms with Gasteiger partial charge in [-0.15, -0.1) is 0 Å². The Labute approximate surface area is 144 Å². The first-order valence-electron chi connectivity index (χ1n) is 7.95. The van der Waals surface area contributed by atoms with Gasteiger partial charge in [0.1, 0.15) is 5.69 Å². The molecular weight excluding hydrogens is 318 g/mol. The number of hydrogen-bond donors (Lipinski definition) is 2. The minimum atomic E-state index is -0.342. The highest BCUT2D eigenvalue weighted by molar-refractivity contribution is 5.91. The lowest BCUT2D eigenvalue weighted by Gasteiger charge is -2.07. The van der Waals surface area contributed by atoms with Crippen molar-refractivity contribution in [3.05, 3.63) is 81.0 Å². The van der Waals surface area contributed by atoms with Gasteiger partial charge in [0.25, 0.3) is 11.5 Å². The molecular formula is C18H19N5O2. The summed E-state index contributed by atoms with van der Waals surface area (Å²) >= 11 is 0. The molecule has 0 bridgehead atoms. The molecule has 1 aromatic carbocycles. The molecule has 1 amide bonds. The molecule has 2 heterocycles. The van der Waals surface area contributed by atoms with Crippen molar-refractivity contribution in [2.45, 2.75) is 26.9 Å². The third kappa shape index (κ3) is 3.82. The Morgan fingerprint density at radius 3 is 2.60 bits per heavy atom. The lowest BCUT2D eigenvalue weighted by atomic mass is 10.2. The van der Waals surface area contributed by atoms with Crippen LogP contribution in [-0.2, 0) is 13.1 Å². The van der Waals surface area contributed by atoms with Crippen molar-refractivity contribution in [1.82, 2.24) is 25.3 Å². The third-order valence-corrected chi connectivity index (χ3v) is 4.04. The van der Waals surface area contributed by atoms with Crippen molar-refractivity contribution in [1.29, 1.82) is 0 Å². The molecule has 2 aromatic heterocycles. The molecule has 0 unspecified atom stereocenters. The third-order valence-electron chi connectivity index (χ3n) is 4.04. The van der Waals surface area contributed by atoms with Crippen molar-refractivity contribution in [3.8, 4) is 0 Å². The van der Waals surface area contributed by atoms with Crippen LogP contribution in [0.2, 0.25) is 0 Å². The molecule has 0 fully saturated rings. The van der Waals surface area contributed by atoms with E-state index in [1.54, 1.807) is 0 Å². The van der Waals surface area contributed by atoms with Gasteiger partial charge in [0.05, 0.1) is 12.2 Å². The Hall–Kier alpha value is -3.22. The minimum absolute atomic E-state index is 0.173. The van der Waals surface area contributed by atoms with Crippen LogP contribution in [0.3, 0.4) is 0 Å². The molecule has 25 heavy (non-hydrogen) atoms. The fourth-order valence-corrected chi connectivity index (χ4v) is 2.63. The maximum Gasteiger partial charge on any atom is 0.271 e. The number of carbonyl (C=O) groups excluding carboxylic acids is 1. The van der Waals surface area contributed by atoms with E-state index in [1.165, 1.54) is 17.7 Å². The summed E-state index contributed by atoms with van der Waals surface area (Å²) in [5.74, 6) is -0.342. The fourth-order valence-electron chi connectivity index (χ4n) is 2.63. The van der Waals surface area contributed by atoms with Crippen LogP contribution in [0.5, 0.6) is 0 Å². The van der Waals surface area contributed by atoms with Gasteiger partial charge in [-0.25, -0.2) is 5.10 Å². The first kappa shape index (κ1) is 16.6. The highest BCUT2D eigenvalue weighted by Crippen LogP contribution is 2.14. The van der Waals surface area contributed by atoms with Crippen LogP contribution in [0.25, 0.3) is 0 Å². The van der Waals surface area contributed by atoms with Crippen LogP contribution in [0.15, 0.2) is 47.3 Å². The molecule has 0 radical (unpaired) electrons. The summed E-state index contributed by atoms with van der Waals surface area (Å²) in [7, 11) is 0. The summed E-state index contributed by atoms with van der Waals surface area (Å²) in [6.45, 7) is 4.95. The van der Waals surface area contributed by atoms with Crippen molar-refractivity contribution in [2.24, 2.45) is 0 Å². The molecule has 0 aliphatic carbocycles. The van der Waals surface area contributed by atoms with E-state index in [9.17, 15) is 9.59 Å². The van der Waals surface area contributed by atoms with E-state index in [0.717, 1.165) is 17.0 Å². The average Bonchev–Trinajstić information content (AvgIpc) is 2.88. The van der Waals surface area contributed by atoms with E-state index in [2.05, 4.69) is 32.7 Å². The van der Waals surface area contributed by atoms with Crippen LogP contribution in [-0.4, -0.2) is 25.9 Å². The number of H-pyrrole nitrogens is 1. The highest BCUT2D eigenvalue weighted by Gasteiger charge is 2.14. The lowest BCUT2D eigenvalue weighted by molar-refractivity contribution is 0.0944. The van der Waals surface area contributed by atoms with E-state index < -0.39 is 0 Å². The van der Waals surface area contributed by atoms with Gasteiger partial charge in [-0.1, -0.05) is 30.3 Å². The van der Waals surface area contributed by atoms with E-state index in [4.69, 9.17) is 0 Å². The molecule has 0 saturated heterocycles. The quantitative estimate of drug-likeness (QED) is 0.739. The zero-order chi connectivity index (χ0) is 17.8. The van der Waals surface area contributed by atoms with Crippen LogP contribution in [0, 0.1) is 13.8 Å². The number of aromatic amines is 1.